The van der Waals surface area contributed by atoms with Gasteiger partial charge in [0.25, 0.3) is 5.91 Å². The Morgan fingerprint density at radius 2 is 1.62 bits per heavy atom. The SMILES string of the molecule is Cc1ccccc1-n1ncc(C(=O)Nc2ccc(Nc3ccccc3)nc2)c1C(F)(F)F. The van der Waals surface area contributed by atoms with Gasteiger partial charge in [0, 0.05) is 5.69 Å². The molecule has 0 saturated carbocycles. The maximum atomic E-state index is 13.9. The molecule has 0 aliphatic carbocycles. The number of carbonyl (C=O) groups excluding carboxylic acids is 1. The number of aryl methyl sites for hydroxylation is 1. The van der Waals surface area contributed by atoms with Crippen LogP contribution in [0.2, 0.25) is 0 Å². The summed E-state index contributed by atoms with van der Waals surface area (Å²) < 4.78 is 42.3. The predicted molar refractivity (Wildman–Crippen MR) is 115 cm³/mol. The van der Waals surface area contributed by atoms with Gasteiger partial charge in [0.15, 0.2) is 5.69 Å². The van der Waals surface area contributed by atoms with Crippen molar-refractivity contribution in [2.75, 3.05) is 10.6 Å². The van der Waals surface area contributed by atoms with Gasteiger partial charge in [-0.15, -0.1) is 0 Å². The average molecular weight is 437 g/mol. The lowest BCUT2D eigenvalue weighted by Crippen LogP contribution is -2.21. The first-order chi connectivity index (χ1) is 15.3. The standard InChI is InChI=1S/C23H18F3N5O/c1-15-7-5-6-10-19(15)31-21(23(24,25)26)18(14-28-31)22(32)30-17-11-12-20(27-13-17)29-16-8-3-2-4-9-16/h2-14H,1H3,(H,27,29)(H,30,32). The largest absolute Gasteiger partial charge is 0.434 e. The third-order valence-electron chi connectivity index (χ3n) is 4.69. The van der Waals surface area contributed by atoms with Crippen molar-refractivity contribution < 1.29 is 18.0 Å². The highest BCUT2D eigenvalue weighted by atomic mass is 19.4. The van der Waals surface area contributed by atoms with Crippen LogP contribution in [-0.2, 0) is 6.18 Å². The highest BCUT2D eigenvalue weighted by Gasteiger charge is 2.40. The summed E-state index contributed by atoms with van der Waals surface area (Å²) >= 11 is 0. The molecule has 0 unspecified atom stereocenters. The van der Waals surface area contributed by atoms with E-state index in [1.54, 1.807) is 37.3 Å². The van der Waals surface area contributed by atoms with Crippen molar-refractivity contribution in [3.05, 3.63) is 95.9 Å². The number of pyridine rings is 1. The Morgan fingerprint density at radius 3 is 2.28 bits per heavy atom. The molecule has 4 rings (SSSR count). The Kier molecular flexibility index (Phi) is 5.63. The van der Waals surface area contributed by atoms with Gasteiger partial charge in [0.1, 0.15) is 5.82 Å². The molecular weight excluding hydrogens is 419 g/mol. The van der Waals surface area contributed by atoms with E-state index in [4.69, 9.17) is 0 Å². The number of benzene rings is 2. The maximum absolute atomic E-state index is 13.9. The number of aromatic nitrogens is 3. The fraction of sp³-hybridized carbons (Fsp3) is 0.0870. The van der Waals surface area contributed by atoms with E-state index in [1.807, 2.05) is 30.3 Å². The molecule has 0 radical (unpaired) electrons. The lowest BCUT2D eigenvalue weighted by Gasteiger charge is -2.14. The van der Waals surface area contributed by atoms with Crippen molar-refractivity contribution >= 4 is 23.1 Å². The summed E-state index contributed by atoms with van der Waals surface area (Å²) in [4.78, 5) is 16.9. The topological polar surface area (TPSA) is 71.8 Å². The predicted octanol–water partition coefficient (Wildman–Crippen LogP) is 5.59. The molecule has 0 atom stereocenters. The van der Waals surface area contributed by atoms with E-state index < -0.39 is 23.3 Å². The molecular formula is C23H18F3N5O. The number of nitrogens with one attached hydrogen (secondary N) is 2. The van der Waals surface area contributed by atoms with E-state index in [0.717, 1.165) is 16.6 Å². The fourth-order valence-electron chi connectivity index (χ4n) is 3.18. The molecule has 0 fully saturated rings. The first-order valence-corrected chi connectivity index (χ1v) is 9.63. The minimum absolute atomic E-state index is 0.247. The Hall–Kier alpha value is -4.14. The van der Waals surface area contributed by atoms with Crippen LogP contribution in [0.3, 0.4) is 0 Å². The first-order valence-electron chi connectivity index (χ1n) is 9.63. The normalized spacial score (nSPS) is 11.2. The lowest BCUT2D eigenvalue weighted by atomic mass is 10.1. The Morgan fingerprint density at radius 1 is 0.906 bits per heavy atom. The van der Waals surface area contributed by atoms with Crippen molar-refractivity contribution in [2.24, 2.45) is 0 Å². The van der Waals surface area contributed by atoms with E-state index >= 15 is 0 Å². The molecule has 1 amide bonds. The third kappa shape index (κ3) is 4.46. The zero-order valence-electron chi connectivity index (χ0n) is 16.9. The molecule has 2 aromatic carbocycles. The summed E-state index contributed by atoms with van der Waals surface area (Å²) in [6, 6.07) is 19.0. The smallest absolute Gasteiger partial charge is 0.340 e. The molecule has 2 N–H and O–H groups in total. The van der Waals surface area contributed by atoms with Crippen LogP contribution in [0.1, 0.15) is 21.6 Å². The van der Waals surface area contributed by atoms with Crippen molar-refractivity contribution in [3.8, 4) is 5.69 Å². The first kappa shape index (κ1) is 21.1. The van der Waals surface area contributed by atoms with Gasteiger partial charge >= 0.3 is 6.18 Å². The lowest BCUT2D eigenvalue weighted by molar-refractivity contribution is -0.143. The summed E-state index contributed by atoms with van der Waals surface area (Å²) in [5.41, 5.74) is 0.211. The summed E-state index contributed by atoms with van der Waals surface area (Å²) in [5, 5.41) is 9.39. The van der Waals surface area contributed by atoms with Gasteiger partial charge in [-0.2, -0.15) is 18.3 Å². The number of halogens is 3. The average Bonchev–Trinajstić information content (AvgIpc) is 3.22. The van der Waals surface area contributed by atoms with Gasteiger partial charge in [-0.1, -0.05) is 36.4 Å². The Bertz CT molecular complexity index is 1230. The van der Waals surface area contributed by atoms with Gasteiger partial charge in [-0.3, -0.25) is 4.79 Å². The molecule has 0 aliphatic rings. The molecule has 32 heavy (non-hydrogen) atoms. The highest BCUT2D eigenvalue weighted by molar-refractivity contribution is 6.05. The van der Waals surface area contributed by atoms with Crippen molar-refractivity contribution in [2.45, 2.75) is 13.1 Å². The van der Waals surface area contributed by atoms with Crippen LogP contribution in [0.5, 0.6) is 0 Å². The molecule has 2 heterocycles. The van der Waals surface area contributed by atoms with Gasteiger partial charge in [0.2, 0.25) is 0 Å². The molecule has 6 nitrogen and oxygen atoms in total. The quantitative estimate of drug-likeness (QED) is 0.427. The molecule has 0 aliphatic heterocycles. The Labute approximate surface area is 181 Å². The highest BCUT2D eigenvalue weighted by Crippen LogP contribution is 2.34. The number of anilines is 3. The second-order valence-corrected chi connectivity index (χ2v) is 6.98. The number of rotatable bonds is 5. The summed E-state index contributed by atoms with van der Waals surface area (Å²) in [5.74, 6) is -0.403. The second kappa shape index (κ2) is 8.54. The van der Waals surface area contributed by atoms with E-state index in [1.165, 1.54) is 12.3 Å². The zero-order valence-corrected chi connectivity index (χ0v) is 16.9. The Balaban J connectivity index is 1.58. The van der Waals surface area contributed by atoms with Crippen LogP contribution in [0.15, 0.2) is 79.1 Å². The van der Waals surface area contributed by atoms with E-state index in [9.17, 15) is 18.0 Å². The van der Waals surface area contributed by atoms with E-state index in [0.29, 0.717) is 11.4 Å². The number of nitrogens with zero attached hydrogens (tertiary/aromatic N) is 3. The van der Waals surface area contributed by atoms with Crippen molar-refractivity contribution in [3.63, 3.8) is 0 Å². The molecule has 2 aromatic heterocycles. The van der Waals surface area contributed by atoms with Crippen LogP contribution in [0.25, 0.3) is 5.69 Å². The third-order valence-corrected chi connectivity index (χ3v) is 4.69. The van der Waals surface area contributed by atoms with E-state index in [-0.39, 0.29) is 11.4 Å². The second-order valence-electron chi connectivity index (χ2n) is 6.98. The minimum atomic E-state index is -4.78. The number of alkyl halides is 3. The van der Waals surface area contributed by atoms with Crippen LogP contribution in [0, 0.1) is 6.92 Å². The molecule has 9 heteroatoms. The van der Waals surface area contributed by atoms with Crippen molar-refractivity contribution in [1.29, 1.82) is 0 Å². The monoisotopic (exact) mass is 437 g/mol. The number of hydrogen-bond acceptors (Lipinski definition) is 4. The molecule has 0 bridgehead atoms. The van der Waals surface area contributed by atoms with Crippen LogP contribution in [0.4, 0.5) is 30.4 Å². The number of amides is 1. The molecule has 0 spiro atoms. The summed E-state index contributed by atoms with van der Waals surface area (Å²) in [7, 11) is 0. The van der Waals surface area contributed by atoms with Crippen LogP contribution in [-0.4, -0.2) is 20.7 Å². The van der Waals surface area contributed by atoms with Gasteiger partial charge in [0.05, 0.1) is 29.3 Å². The van der Waals surface area contributed by atoms with Gasteiger partial charge in [-0.25, -0.2) is 9.67 Å². The summed E-state index contributed by atoms with van der Waals surface area (Å²) in [6.45, 7) is 1.67. The van der Waals surface area contributed by atoms with Crippen molar-refractivity contribution in [1.82, 2.24) is 14.8 Å². The maximum Gasteiger partial charge on any atom is 0.434 e. The summed E-state index contributed by atoms with van der Waals surface area (Å²) in [6.07, 6.45) is -2.50. The van der Waals surface area contributed by atoms with Gasteiger partial charge < -0.3 is 10.6 Å². The molecule has 0 saturated heterocycles. The van der Waals surface area contributed by atoms with E-state index in [2.05, 4.69) is 20.7 Å². The number of hydrogen-bond donors (Lipinski definition) is 2. The van der Waals surface area contributed by atoms with Gasteiger partial charge in [-0.05, 0) is 42.8 Å². The molecule has 162 valence electrons. The number of para-hydroxylation sites is 2. The zero-order chi connectivity index (χ0) is 22.7. The number of carbonyl (C=O) groups is 1. The fourth-order valence-corrected chi connectivity index (χ4v) is 3.18. The molecule has 4 aromatic rings. The van der Waals surface area contributed by atoms with Crippen LogP contribution >= 0.6 is 0 Å². The minimum Gasteiger partial charge on any atom is -0.340 e. The van der Waals surface area contributed by atoms with Crippen LogP contribution < -0.4 is 10.6 Å².